The molecule has 0 aliphatic carbocycles. The number of benzene rings is 1. The van der Waals surface area contributed by atoms with Crippen LogP contribution in [-0.2, 0) is 16.0 Å². The molecule has 0 saturated carbocycles. The van der Waals surface area contributed by atoms with E-state index in [4.69, 9.17) is 4.74 Å². The van der Waals surface area contributed by atoms with E-state index in [0.717, 1.165) is 45.1 Å². The summed E-state index contributed by atoms with van der Waals surface area (Å²) in [7, 11) is 3.47. The second-order valence-corrected chi connectivity index (χ2v) is 8.33. The molecule has 1 amide bonds. The highest BCUT2D eigenvalue weighted by atomic mass is 16.5. The minimum Gasteiger partial charge on any atom is -0.383 e. The average molecular weight is 404 g/mol. The van der Waals surface area contributed by atoms with Crippen LogP contribution in [0.4, 0.5) is 0 Å². The molecule has 0 radical (unpaired) electrons. The van der Waals surface area contributed by atoms with Gasteiger partial charge in [0.2, 0.25) is 5.91 Å². The van der Waals surface area contributed by atoms with E-state index in [0.29, 0.717) is 19.7 Å². The highest BCUT2D eigenvalue weighted by molar-refractivity contribution is 5.80. The molecule has 1 aliphatic heterocycles. The molecule has 0 bridgehead atoms. The van der Waals surface area contributed by atoms with Crippen LogP contribution in [0.5, 0.6) is 0 Å². The largest absolute Gasteiger partial charge is 0.383 e. The fourth-order valence-electron chi connectivity index (χ4n) is 3.53. The standard InChI is InChI=1S/C22H37N5O2/c1-22(2,16-19-8-6-5-7-9-19)18-25-21(23-3)27-13-11-26(12-14-27)17-20(28)24-10-15-29-4/h5-9H,10-18H2,1-4H3,(H,23,25)(H,24,28). The Bertz CT molecular complexity index is 640. The third-order valence-electron chi connectivity index (χ3n) is 5.13. The van der Waals surface area contributed by atoms with Gasteiger partial charge in [0.15, 0.2) is 5.96 Å². The highest BCUT2D eigenvalue weighted by Crippen LogP contribution is 2.20. The quantitative estimate of drug-likeness (QED) is 0.369. The van der Waals surface area contributed by atoms with Gasteiger partial charge < -0.3 is 20.3 Å². The second kappa shape index (κ2) is 11.8. The second-order valence-electron chi connectivity index (χ2n) is 8.33. The van der Waals surface area contributed by atoms with Crippen LogP contribution in [0.15, 0.2) is 35.3 Å². The normalized spacial score (nSPS) is 16.0. The molecular formula is C22H37N5O2. The van der Waals surface area contributed by atoms with Gasteiger partial charge in [0.25, 0.3) is 0 Å². The Hall–Kier alpha value is -2.12. The van der Waals surface area contributed by atoms with Crippen molar-refractivity contribution in [1.29, 1.82) is 0 Å². The zero-order valence-corrected chi connectivity index (χ0v) is 18.4. The Kier molecular flexibility index (Phi) is 9.41. The van der Waals surface area contributed by atoms with Gasteiger partial charge in [-0.15, -0.1) is 0 Å². The average Bonchev–Trinajstić information content (AvgIpc) is 2.70. The molecule has 0 atom stereocenters. The van der Waals surface area contributed by atoms with E-state index in [1.54, 1.807) is 7.11 Å². The fraction of sp³-hybridized carbons (Fsp3) is 0.636. The van der Waals surface area contributed by atoms with Crippen LogP contribution < -0.4 is 10.6 Å². The van der Waals surface area contributed by atoms with Gasteiger partial charge in [0.1, 0.15) is 0 Å². The van der Waals surface area contributed by atoms with Crippen molar-refractivity contribution in [2.24, 2.45) is 10.4 Å². The van der Waals surface area contributed by atoms with Crippen LogP contribution in [0.3, 0.4) is 0 Å². The van der Waals surface area contributed by atoms with Crippen LogP contribution in [0.2, 0.25) is 0 Å². The molecule has 0 unspecified atom stereocenters. The molecule has 7 heteroatoms. The van der Waals surface area contributed by atoms with Crippen molar-refractivity contribution in [2.45, 2.75) is 20.3 Å². The number of nitrogens with zero attached hydrogens (tertiary/aromatic N) is 3. The first-order chi connectivity index (χ1) is 13.9. The third-order valence-corrected chi connectivity index (χ3v) is 5.13. The van der Waals surface area contributed by atoms with E-state index in [1.807, 2.05) is 7.05 Å². The Labute approximate surface area is 175 Å². The SMILES string of the molecule is CN=C(NCC(C)(C)Cc1ccccc1)N1CCN(CC(=O)NCCOC)CC1. The van der Waals surface area contributed by atoms with Gasteiger partial charge in [-0.3, -0.25) is 14.7 Å². The molecule has 29 heavy (non-hydrogen) atoms. The molecule has 1 aromatic rings. The third kappa shape index (κ3) is 8.41. The van der Waals surface area contributed by atoms with Crippen molar-refractivity contribution < 1.29 is 9.53 Å². The number of methoxy groups -OCH3 is 1. The van der Waals surface area contributed by atoms with Gasteiger partial charge >= 0.3 is 0 Å². The molecule has 2 N–H and O–H groups in total. The molecule has 1 fully saturated rings. The summed E-state index contributed by atoms with van der Waals surface area (Å²) in [5, 5.41) is 6.43. The molecule has 1 aromatic carbocycles. The number of piperazine rings is 1. The van der Waals surface area contributed by atoms with E-state index in [1.165, 1.54) is 5.56 Å². The van der Waals surface area contributed by atoms with Crippen LogP contribution in [0.1, 0.15) is 19.4 Å². The maximum absolute atomic E-state index is 12.0. The Morgan fingerprint density at radius 2 is 1.83 bits per heavy atom. The summed E-state index contributed by atoms with van der Waals surface area (Å²) in [6, 6.07) is 10.6. The number of aliphatic imine (C=N–C) groups is 1. The van der Waals surface area contributed by atoms with Crippen molar-refractivity contribution in [1.82, 2.24) is 20.4 Å². The molecule has 2 rings (SSSR count). The molecule has 7 nitrogen and oxygen atoms in total. The summed E-state index contributed by atoms with van der Waals surface area (Å²) >= 11 is 0. The highest BCUT2D eigenvalue weighted by Gasteiger charge is 2.23. The number of carbonyl (C=O) groups excluding carboxylic acids is 1. The smallest absolute Gasteiger partial charge is 0.234 e. The zero-order chi connectivity index (χ0) is 21.1. The number of hydrogen-bond acceptors (Lipinski definition) is 4. The van der Waals surface area contributed by atoms with Crippen molar-refractivity contribution >= 4 is 11.9 Å². The number of amides is 1. The minimum atomic E-state index is 0.0562. The van der Waals surface area contributed by atoms with Gasteiger partial charge in [-0.25, -0.2) is 0 Å². The molecule has 1 saturated heterocycles. The lowest BCUT2D eigenvalue weighted by atomic mass is 9.86. The minimum absolute atomic E-state index is 0.0562. The summed E-state index contributed by atoms with van der Waals surface area (Å²) in [6.07, 6.45) is 1.02. The van der Waals surface area contributed by atoms with Crippen LogP contribution >= 0.6 is 0 Å². The van der Waals surface area contributed by atoms with E-state index < -0.39 is 0 Å². The van der Waals surface area contributed by atoms with Crippen molar-refractivity contribution in [3.05, 3.63) is 35.9 Å². The van der Waals surface area contributed by atoms with Crippen molar-refractivity contribution in [3.8, 4) is 0 Å². The summed E-state index contributed by atoms with van der Waals surface area (Å²) in [4.78, 5) is 20.9. The number of hydrogen-bond donors (Lipinski definition) is 2. The van der Waals surface area contributed by atoms with Crippen molar-refractivity contribution in [3.63, 3.8) is 0 Å². The lowest BCUT2D eigenvalue weighted by Gasteiger charge is -2.37. The first-order valence-corrected chi connectivity index (χ1v) is 10.4. The summed E-state index contributed by atoms with van der Waals surface area (Å²) in [5.41, 5.74) is 1.48. The van der Waals surface area contributed by atoms with Crippen LogP contribution in [0.25, 0.3) is 0 Å². The maximum atomic E-state index is 12.0. The first kappa shape index (κ1) is 23.2. The van der Waals surface area contributed by atoms with E-state index >= 15 is 0 Å². The number of ether oxygens (including phenoxy) is 1. The predicted octanol–water partition coefficient (Wildman–Crippen LogP) is 1.21. The van der Waals surface area contributed by atoms with Gasteiger partial charge in [-0.1, -0.05) is 44.2 Å². The van der Waals surface area contributed by atoms with Gasteiger partial charge in [0.05, 0.1) is 13.2 Å². The first-order valence-electron chi connectivity index (χ1n) is 10.4. The van der Waals surface area contributed by atoms with Crippen LogP contribution in [0, 0.1) is 5.41 Å². The van der Waals surface area contributed by atoms with Gasteiger partial charge in [0, 0.05) is 53.4 Å². The van der Waals surface area contributed by atoms with Crippen molar-refractivity contribution in [2.75, 3.05) is 66.6 Å². The van der Waals surface area contributed by atoms with E-state index in [2.05, 4.69) is 69.6 Å². The molecule has 1 heterocycles. The number of carbonyl (C=O) groups is 1. The Morgan fingerprint density at radius 1 is 1.14 bits per heavy atom. The Balaban J connectivity index is 1.75. The topological polar surface area (TPSA) is 69.2 Å². The Morgan fingerprint density at radius 3 is 2.45 bits per heavy atom. The maximum Gasteiger partial charge on any atom is 0.234 e. The molecule has 1 aliphatic rings. The molecule has 0 spiro atoms. The fourth-order valence-corrected chi connectivity index (χ4v) is 3.53. The lowest BCUT2D eigenvalue weighted by molar-refractivity contribution is -0.122. The van der Waals surface area contributed by atoms with E-state index in [-0.39, 0.29) is 11.3 Å². The number of guanidine groups is 1. The molecule has 162 valence electrons. The van der Waals surface area contributed by atoms with E-state index in [9.17, 15) is 4.79 Å². The molecule has 0 aromatic heterocycles. The lowest BCUT2D eigenvalue weighted by Crippen LogP contribution is -2.55. The van der Waals surface area contributed by atoms with Gasteiger partial charge in [-0.05, 0) is 17.4 Å². The summed E-state index contributed by atoms with van der Waals surface area (Å²) in [6.45, 7) is 10.4. The zero-order valence-electron chi connectivity index (χ0n) is 18.4. The number of rotatable bonds is 9. The van der Waals surface area contributed by atoms with Gasteiger partial charge in [-0.2, -0.15) is 0 Å². The predicted molar refractivity (Wildman–Crippen MR) is 118 cm³/mol. The summed E-state index contributed by atoms with van der Waals surface area (Å²) in [5.74, 6) is 0.996. The number of nitrogens with one attached hydrogen (secondary N) is 2. The molecular weight excluding hydrogens is 366 g/mol. The monoisotopic (exact) mass is 403 g/mol. The van der Waals surface area contributed by atoms with Crippen LogP contribution in [-0.4, -0.2) is 88.2 Å². The summed E-state index contributed by atoms with van der Waals surface area (Å²) < 4.78 is 4.96.